The lowest BCUT2D eigenvalue weighted by Crippen LogP contribution is -2.47. The van der Waals surface area contributed by atoms with E-state index in [4.69, 9.17) is 15.5 Å². The summed E-state index contributed by atoms with van der Waals surface area (Å²) in [4.78, 5) is 9.63. The van der Waals surface area contributed by atoms with Gasteiger partial charge < -0.3 is 15.4 Å². The fourth-order valence-electron chi connectivity index (χ4n) is 3.53. The first kappa shape index (κ1) is 18.2. The van der Waals surface area contributed by atoms with Gasteiger partial charge in [-0.05, 0) is 30.7 Å². The van der Waals surface area contributed by atoms with Crippen LogP contribution in [0.25, 0.3) is 10.2 Å². The molecule has 2 aromatic carbocycles. The molecule has 6 heteroatoms. The van der Waals surface area contributed by atoms with Crippen LogP contribution in [0, 0.1) is 0 Å². The van der Waals surface area contributed by atoms with Crippen LogP contribution in [-0.4, -0.2) is 49.7 Å². The first-order valence-electron chi connectivity index (χ1n) is 9.45. The zero-order valence-electron chi connectivity index (χ0n) is 15.7. The number of hydrogen-bond donors (Lipinski definition) is 1. The highest BCUT2D eigenvalue weighted by Crippen LogP contribution is 2.27. The van der Waals surface area contributed by atoms with Gasteiger partial charge in [0.2, 0.25) is 0 Å². The Hall–Kier alpha value is -2.15. The number of piperazine rings is 1. The van der Waals surface area contributed by atoms with Gasteiger partial charge in [-0.2, -0.15) is 0 Å². The van der Waals surface area contributed by atoms with Crippen LogP contribution in [0.3, 0.4) is 0 Å². The van der Waals surface area contributed by atoms with Gasteiger partial charge in [-0.15, -0.1) is 11.3 Å². The van der Waals surface area contributed by atoms with E-state index in [0.717, 1.165) is 55.4 Å². The Balaban J connectivity index is 1.29. The summed E-state index contributed by atoms with van der Waals surface area (Å²) in [7, 11) is 1.71. The van der Waals surface area contributed by atoms with E-state index in [0.29, 0.717) is 0 Å². The molecule has 1 aliphatic heterocycles. The third kappa shape index (κ3) is 4.24. The van der Waals surface area contributed by atoms with Gasteiger partial charge in [0.1, 0.15) is 10.8 Å². The predicted molar refractivity (Wildman–Crippen MR) is 113 cm³/mol. The Bertz CT molecular complexity index is 856. The monoisotopic (exact) mass is 382 g/mol. The number of para-hydroxylation sites is 1. The average Bonchev–Trinajstić information content (AvgIpc) is 3.17. The minimum Gasteiger partial charge on any atom is -0.497 e. The Kier molecular flexibility index (Phi) is 5.57. The second kappa shape index (κ2) is 8.25. The second-order valence-electron chi connectivity index (χ2n) is 6.95. The number of benzene rings is 2. The number of nitrogens with zero attached hydrogens (tertiary/aromatic N) is 3. The second-order valence-corrected chi connectivity index (χ2v) is 8.01. The molecule has 5 nitrogen and oxygen atoms in total. The lowest BCUT2D eigenvalue weighted by Gasteiger charge is -2.36. The molecule has 1 saturated heterocycles. The molecule has 1 aliphatic rings. The van der Waals surface area contributed by atoms with E-state index < -0.39 is 0 Å². The van der Waals surface area contributed by atoms with Gasteiger partial charge in [-0.1, -0.05) is 18.2 Å². The largest absolute Gasteiger partial charge is 0.497 e. The maximum Gasteiger partial charge on any atom is 0.120 e. The summed E-state index contributed by atoms with van der Waals surface area (Å²) >= 11 is 1.72. The predicted octanol–water partition coefficient (Wildman–Crippen LogP) is 3.52. The summed E-state index contributed by atoms with van der Waals surface area (Å²) in [5, 5.41) is 1.05. The van der Waals surface area contributed by atoms with Crippen LogP contribution in [0.1, 0.15) is 17.5 Å². The first-order valence-corrected chi connectivity index (χ1v) is 10.3. The summed E-state index contributed by atoms with van der Waals surface area (Å²) in [6.07, 6.45) is 0.943. The van der Waals surface area contributed by atoms with E-state index >= 15 is 0 Å². The van der Waals surface area contributed by atoms with Crippen molar-refractivity contribution in [2.75, 3.05) is 44.7 Å². The number of rotatable bonds is 6. The van der Waals surface area contributed by atoms with Crippen molar-refractivity contribution >= 4 is 27.2 Å². The van der Waals surface area contributed by atoms with Crippen LogP contribution in [0.15, 0.2) is 48.5 Å². The molecule has 1 fully saturated rings. The minimum atomic E-state index is 0.0128. The fraction of sp³-hybridized carbons (Fsp3) is 0.381. The highest BCUT2D eigenvalue weighted by atomic mass is 32.1. The van der Waals surface area contributed by atoms with Crippen LogP contribution < -0.4 is 15.4 Å². The highest BCUT2D eigenvalue weighted by Gasteiger charge is 2.19. The molecule has 0 spiro atoms. The van der Waals surface area contributed by atoms with E-state index in [1.54, 1.807) is 18.4 Å². The van der Waals surface area contributed by atoms with Crippen molar-refractivity contribution in [1.29, 1.82) is 0 Å². The molecule has 1 unspecified atom stereocenters. The third-order valence-electron chi connectivity index (χ3n) is 5.17. The number of fused-ring (bicyclic) bond motifs is 1. The smallest absolute Gasteiger partial charge is 0.120 e. The van der Waals surface area contributed by atoms with Crippen molar-refractivity contribution in [3.8, 4) is 5.75 Å². The quantitative estimate of drug-likeness (QED) is 0.707. The fourth-order valence-corrected chi connectivity index (χ4v) is 4.53. The lowest BCUT2D eigenvalue weighted by atomic mass is 10.2. The van der Waals surface area contributed by atoms with Crippen LogP contribution in [0.4, 0.5) is 5.69 Å². The average molecular weight is 383 g/mol. The van der Waals surface area contributed by atoms with E-state index in [-0.39, 0.29) is 6.04 Å². The van der Waals surface area contributed by atoms with Crippen LogP contribution in [0.5, 0.6) is 5.75 Å². The Labute approximate surface area is 164 Å². The number of hydrogen-bond acceptors (Lipinski definition) is 6. The van der Waals surface area contributed by atoms with Crippen molar-refractivity contribution in [3.05, 3.63) is 53.5 Å². The summed E-state index contributed by atoms with van der Waals surface area (Å²) in [5.41, 5.74) is 8.71. The summed E-state index contributed by atoms with van der Waals surface area (Å²) < 4.78 is 6.56. The maximum atomic E-state index is 6.42. The van der Waals surface area contributed by atoms with Crippen molar-refractivity contribution in [2.24, 2.45) is 5.73 Å². The highest BCUT2D eigenvalue weighted by molar-refractivity contribution is 7.18. The molecule has 0 saturated carbocycles. The van der Waals surface area contributed by atoms with Crippen LogP contribution in [0.2, 0.25) is 0 Å². The van der Waals surface area contributed by atoms with Gasteiger partial charge in [0.25, 0.3) is 0 Å². The molecule has 0 amide bonds. The van der Waals surface area contributed by atoms with Crippen LogP contribution in [-0.2, 0) is 0 Å². The minimum absolute atomic E-state index is 0.0128. The van der Waals surface area contributed by atoms with E-state index in [1.165, 1.54) is 10.4 Å². The molecular weight excluding hydrogens is 356 g/mol. The molecule has 1 atom stereocenters. The number of thiazole rings is 1. The van der Waals surface area contributed by atoms with Crippen LogP contribution >= 0.6 is 11.3 Å². The number of nitrogens with two attached hydrogens (primary N) is 1. The van der Waals surface area contributed by atoms with Crippen molar-refractivity contribution in [1.82, 2.24) is 9.88 Å². The first-order chi connectivity index (χ1) is 13.2. The van der Waals surface area contributed by atoms with Gasteiger partial charge in [-0.3, -0.25) is 4.90 Å². The van der Waals surface area contributed by atoms with Gasteiger partial charge in [-0.25, -0.2) is 4.98 Å². The number of anilines is 1. The van der Waals surface area contributed by atoms with Crippen molar-refractivity contribution in [2.45, 2.75) is 12.5 Å². The molecule has 0 bridgehead atoms. The van der Waals surface area contributed by atoms with Gasteiger partial charge in [0.05, 0.1) is 23.4 Å². The zero-order valence-corrected chi connectivity index (χ0v) is 16.5. The topological polar surface area (TPSA) is 54.6 Å². The van der Waals surface area contributed by atoms with Gasteiger partial charge in [0, 0.05) is 44.5 Å². The van der Waals surface area contributed by atoms with Crippen molar-refractivity contribution < 1.29 is 4.74 Å². The molecule has 2 N–H and O–H groups in total. The molecular formula is C21H26N4OS. The molecule has 2 heterocycles. The number of aromatic nitrogens is 1. The normalized spacial score (nSPS) is 16.6. The number of ether oxygens (including phenoxy) is 1. The summed E-state index contributed by atoms with van der Waals surface area (Å²) in [6, 6.07) is 16.6. The molecule has 1 aromatic heterocycles. The van der Waals surface area contributed by atoms with E-state index in [1.807, 2.05) is 12.1 Å². The van der Waals surface area contributed by atoms with Gasteiger partial charge in [0.15, 0.2) is 0 Å². The number of methoxy groups -OCH3 is 1. The molecule has 27 heavy (non-hydrogen) atoms. The standard InChI is InChI=1S/C21H26N4OS/c1-26-17-6-4-5-16(15-17)25-13-11-24(12-14-25)10-9-18(22)21-23-19-7-2-3-8-20(19)27-21/h2-8,15,18H,9-14,22H2,1H3. The molecule has 142 valence electrons. The Morgan fingerprint density at radius 2 is 1.93 bits per heavy atom. The van der Waals surface area contributed by atoms with Gasteiger partial charge >= 0.3 is 0 Å². The summed E-state index contributed by atoms with van der Waals surface area (Å²) in [6.45, 7) is 5.20. The van der Waals surface area contributed by atoms with Crippen molar-refractivity contribution in [3.63, 3.8) is 0 Å². The molecule has 0 aliphatic carbocycles. The zero-order chi connectivity index (χ0) is 18.6. The molecule has 4 rings (SSSR count). The summed E-state index contributed by atoms with van der Waals surface area (Å²) in [5.74, 6) is 0.914. The van der Waals surface area contributed by atoms with E-state index in [2.05, 4.69) is 46.2 Å². The third-order valence-corrected chi connectivity index (χ3v) is 6.34. The van der Waals surface area contributed by atoms with E-state index in [9.17, 15) is 0 Å². The molecule has 3 aromatic rings. The Morgan fingerprint density at radius 1 is 1.11 bits per heavy atom. The lowest BCUT2D eigenvalue weighted by molar-refractivity contribution is 0.248. The SMILES string of the molecule is COc1cccc(N2CCN(CCC(N)c3nc4ccccc4s3)CC2)c1. The molecule has 0 radical (unpaired) electrons. The Morgan fingerprint density at radius 3 is 2.70 bits per heavy atom. The maximum absolute atomic E-state index is 6.42.